The molecule has 9 heteroatoms. The van der Waals surface area contributed by atoms with Crippen LogP contribution < -0.4 is 16.2 Å². The van der Waals surface area contributed by atoms with Gasteiger partial charge in [0.05, 0.1) is 6.54 Å². The number of halogens is 3. The molecular weight excluding hydrogens is 327 g/mol. The Labute approximate surface area is 132 Å². The predicted molar refractivity (Wildman–Crippen MR) is 75.4 cm³/mol. The standard InChI is InChI=1S/C15H10F3N3O3/c16-9-5-8(6-10(17)12(9)18)15(13(23)19-14(24)20-15)7-21-4-2-1-3-11(21)22/h1-6H,7H2,(H2,19,20,23,24). The van der Waals surface area contributed by atoms with Crippen molar-refractivity contribution in [3.8, 4) is 0 Å². The number of aromatic nitrogens is 1. The number of hydrogen-bond acceptors (Lipinski definition) is 3. The molecule has 0 saturated carbocycles. The molecule has 1 saturated heterocycles. The first-order chi connectivity index (χ1) is 11.3. The van der Waals surface area contributed by atoms with Crippen molar-refractivity contribution in [3.63, 3.8) is 0 Å². The lowest BCUT2D eigenvalue weighted by Crippen LogP contribution is -2.49. The van der Waals surface area contributed by atoms with Crippen LogP contribution in [0.5, 0.6) is 0 Å². The Morgan fingerprint density at radius 3 is 2.25 bits per heavy atom. The van der Waals surface area contributed by atoms with E-state index >= 15 is 0 Å². The molecule has 1 unspecified atom stereocenters. The maximum atomic E-state index is 13.6. The molecule has 0 aliphatic carbocycles. The molecule has 0 bridgehead atoms. The summed E-state index contributed by atoms with van der Waals surface area (Å²) in [5.74, 6) is -5.64. The zero-order valence-corrected chi connectivity index (χ0v) is 12.0. The molecule has 124 valence electrons. The average molecular weight is 337 g/mol. The first-order valence-electron chi connectivity index (χ1n) is 6.77. The first kappa shape index (κ1) is 15.8. The van der Waals surface area contributed by atoms with Crippen molar-refractivity contribution < 1.29 is 22.8 Å². The Balaban J connectivity index is 2.18. The van der Waals surface area contributed by atoms with Crippen LogP contribution in [0, 0.1) is 17.5 Å². The maximum Gasteiger partial charge on any atom is 0.322 e. The summed E-state index contributed by atoms with van der Waals surface area (Å²) in [5, 5.41) is 4.22. The van der Waals surface area contributed by atoms with E-state index in [-0.39, 0.29) is 5.56 Å². The van der Waals surface area contributed by atoms with Gasteiger partial charge >= 0.3 is 6.03 Å². The number of urea groups is 1. The number of hydrogen-bond donors (Lipinski definition) is 2. The topological polar surface area (TPSA) is 80.2 Å². The van der Waals surface area contributed by atoms with Gasteiger partial charge in [0.1, 0.15) is 0 Å². The molecule has 3 rings (SSSR count). The molecular formula is C15H10F3N3O3. The van der Waals surface area contributed by atoms with E-state index in [1.54, 1.807) is 0 Å². The van der Waals surface area contributed by atoms with Crippen LogP contribution >= 0.6 is 0 Å². The quantitative estimate of drug-likeness (QED) is 0.648. The van der Waals surface area contributed by atoms with Gasteiger partial charge in [-0.1, -0.05) is 6.07 Å². The van der Waals surface area contributed by atoms with Gasteiger partial charge in [-0.15, -0.1) is 0 Å². The van der Waals surface area contributed by atoms with E-state index < -0.39 is 47.0 Å². The monoisotopic (exact) mass is 337 g/mol. The third-order valence-corrected chi connectivity index (χ3v) is 3.72. The largest absolute Gasteiger partial charge is 0.322 e. The minimum Gasteiger partial charge on any atom is -0.318 e. The summed E-state index contributed by atoms with van der Waals surface area (Å²) in [6.45, 7) is -0.422. The summed E-state index contributed by atoms with van der Waals surface area (Å²) >= 11 is 0. The second kappa shape index (κ2) is 5.52. The molecule has 2 heterocycles. The fraction of sp³-hybridized carbons (Fsp3) is 0.133. The van der Waals surface area contributed by atoms with Crippen molar-refractivity contribution in [2.75, 3.05) is 0 Å². The van der Waals surface area contributed by atoms with E-state index in [9.17, 15) is 27.6 Å². The molecule has 1 aromatic heterocycles. The number of nitrogens with zero attached hydrogens (tertiary/aromatic N) is 1. The van der Waals surface area contributed by atoms with Gasteiger partial charge in [0.2, 0.25) is 0 Å². The number of rotatable bonds is 3. The predicted octanol–water partition coefficient (Wildman–Crippen LogP) is 1.00. The van der Waals surface area contributed by atoms with Crippen molar-refractivity contribution in [2.24, 2.45) is 0 Å². The normalized spacial score (nSPS) is 20.0. The lowest BCUT2D eigenvalue weighted by Gasteiger charge is -2.27. The van der Waals surface area contributed by atoms with Crippen LogP contribution in [-0.4, -0.2) is 16.5 Å². The fourth-order valence-corrected chi connectivity index (χ4v) is 2.55. The minimum atomic E-state index is -1.95. The highest BCUT2D eigenvalue weighted by Gasteiger charge is 2.49. The lowest BCUT2D eigenvalue weighted by molar-refractivity contribution is -0.124. The summed E-state index contributed by atoms with van der Waals surface area (Å²) in [6.07, 6.45) is 1.35. The van der Waals surface area contributed by atoms with E-state index in [1.807, 2.05) is 5.32 Å². The molecule has 2 N–H and O–H groups in total. The van der Waals surface area contributed by atoms with Crippen molar-refractivity contribution in [3.05, 3.63) is 69.9 Å². The summed E-state index contributed by atoms with van der Waals surface area (Å²) in [4.78, 5) is 35.7. The van der Waals surface area contributed by atoms with E-state index in [1.165, 1.54) is 24.4 Å². The number of benzene rings is 1. The highest BCUT2D eigenvalue weighted by Crippen LogP contribution is 2.29. The van der Waals surface area contributed by atoms with E-state index in [2.05, 4.69) is 5.32 Å². The van der Waals surface area contributed by atoms with Crippen LogP contribution in [-0.2, 0) is 16.9 Å². The molecule has 0 spiro atoms. The second-order valence-corrected chi connectivity index (χ2v) is 5.23. The molecule has 24 heavy (non-hydrogen) atoms. The van der Waals surface area contributed by atoms with Gasteiger partial charge < -0.3 is 9.88 Å². The van der Waals surface area contributed by atoms with Crippen molar-refractivity contribution >= 4 is 11.9 Å². The van der Waals surface area contributed by atoms with Crippen LogP contribution in [0.15, 0.2) is 41.3 Å². The SMILES string of the molecule is O=C1NC(=O)C(Cn2ccccc2=O)(c2cc(F)c(F)c(F)c2)N1. The first-order valence-corrected chi connectivity index (χ1v) is 6.77. The highest BCUT2D eigenvalue weighted by atomic mass is 19.2. The van der Waals surface area contributed by atoms with Gasteiger partial charge in [-0.2, -0.15) is 0 Å². The highest BCUT2D eigenvalue weighted by molar-refractivity contribution is 6.07. The van der Waals surface area contributed by atoms with Crippen LogP contribution in [0.25, 0.3) is 0 Å². The number of amides is 3. The van der Waals surface area contributed by atoms with Gasteiger partial charge in [-0.25, -0.2) is 18.0 Å². The van der Waals surface area contributed by atoms with Crippen molar-refractivity contribution in [1.82, 2.24) is 15.2 Å². The average Bonchev–Trinajstić information content (AvgIpc) is 2.81. The molecule has 2 aromatic rings. The Bertz CT molecular complexity index is 889. The second-order valence-electron chi connectivity index (χ2n) is 5.23. The molecule has 1 aliphatic rings. The summed E-state index contributed by atoms with van der Waals surface area (Å²) in [5.41, 5.74) is -2.76. The molecule has 1 atom stereocenters. The third kappa shape index (κ3) is 2.43. The van der Waals surface area contributed by atoms with Crippen LogP contribution in [0.4, 0.5) is 18.0 Å². The zero-order chi connectivity index (χ0) is 17.5. The number of imide groups is 1. The maximum absolute atomic E-state index is 13.6. The van der Waals surface area contributed by atoms with Gasteiger partial charge in [0, 0.05) is 12.3 Å². The fourth-order valence-electron chi connectivity index (χ4n) is 2.55. The number of carbonyl (C=O) groups excluding carboxylic acids is 2. The molecule has 1 fully saturated rings. The molecule has 3 amide bonds. The van der Waals surface area contributed by atoms with Gasteiger partial charge in [0.25, 0.3) is 11.5 Å². The van der Waals surface area contributed by atoms with E-state index in [0.717, 1.165) is 4.57 Å². The Hall–Kier alpha value is -3.10. The summed E-state index contributed by atoms with van der Waals surface area (Å²) < 4.78 is 41.4. The number of pyridine rings is 1. The molecule has 6 nitrogen and oxygen atoms in total. The Kier molecular flexibility index (Phi) is 3.63. The molecule has 0 radical (unpaired) electrons. The summed E-state index contributed by atoms with van der Waals surface area (Å²) in [7, 11) is 0. The lowest BCUT2D eigenvalue weighted by atomic mass is 9.89. The van der Waals surface area contributed by atoms with E-state index in [4.69, 9.17) is 0 Å². The summed E-state index contributed by atoms with van der Waals surface area (Å²) in [6, 6.07) is 4.52. The van der Waals surface area contributed by atoms with Crippen molar-refractivity contribution in [1.29, 1.82) is 0 Å². The van der Waals surface area contributed by atoms with Crippen LogP contribution in [0.3, 0.4) is 0 Å². The minimum absolute atomic E-state index is 0.321. The Morgan fingerprint density at radius 1 is 1.04 bits per heavy atom. The third-order valence-electron chi connectivity index (χ3n) is 3.72. The number of nitrogens with one attached hydrogen (secondary N) is 2. The molecule has 1 aliphatic heterocycles. The smallest absolute Gasteiger partial charge is 0.318 e. The van der Waals surface area contributed by atoms with Crippen LogP contribution in [0.2, 0.25) is 0 Å². The van der Waals surface area contributed by atoms with Gasteiger partial charge in [-0.05, 0) is 23.8 Å². The zero-order valence-electron chi connectivity index (χ0n) is 12.0. The van der Waals surface area contributed by atoms with Crippen molar-refractivity contribution in [2.45, 2.75) is 12.1 Å². The molecule has 1 aromatic carbocycles. The number of carbonyl (C=O) groups is 2. The van der Waals surface area contributed by atoms with Gasteiger partial charge in [0.15, 0.2) is 23.0 Å². The Morgan fingerprint density at radius 2 is 1.71 bits per heavy atom. The van der Waals surface area contributed by atoms with Gasteiger partial charge in [-0.3, -0.25) is 14.9 Å². The van der Waals surface area contributed by atoms with E-state index in [0.29, 0.717) is 12.1 Å². The van der Waals surface area contributed by atoms with Crippen LogP contribution in [0.1, 0.15) is 5.56 Å².